The lowest BCUT2D eigenvalue weighted by atomic mass is 9.92. The monoisotopic (exact) mass is 224 g/mol. The van der Waals surface area contributed by atoms with Gasteiger partial charge in [-0.2, -0.15) is 0 Å². The Morgan fingerprint density at radius 2 is 1.69 bits per heavy atom. The summed E-state index contributed by atoms with van der Waals surface area (Å²) in [5.41, 5.74) is 6.82. The zero-order valence-electron chi connectivity index (χ0n) is 10.3. The molecule has 3 heteroatoms. The predicted octanol–water partition coefficient (Wildman–Crippen LogP) is 2.34. The molecule has 0 amide bonds. The summed E-state index contributed by atoms with van der Waals surface area (Å²) in [5.74, 6) is -0.220. The van der Waals surface area contributed by atoms with Gasteiger partial charge in [0.2, 0.25) is 0 Å². The van der Waals surface area contributed by atoms with Crippen molar-refractivity contribution in [2.24, 2.45) is 5.73 Å². The van der Waals surface area contributed by atoms with Gasteiger partial charge in [-0.1, -0.05) is 26.0 Å². The highest BCUT2D eigenvalue weighted by atomic mass is 19.1. The van der Waals surface area contributed by atoms with E-state index in [4.69, 9.17) is 5.73 Å². The highest BCUT2D eigenvalue weighted by Gasteiger charge is 2.23. The number of nitrogens with zero attached hydrogens (tertiary/aromatic N) is 1. The number of hydrogen-bond donors (Lipinski definition) is 1. The molecule has 0 fully saturated rings. The van der Waals surface area contributed by atoms with Crippen molar-refractivity contribution < 1.29 is 4.39 Å². The lowest BCUT2D eigenvalue weighted by molar-refractivity contribution is 0.237. The number of likely N-dealkylation sites (N-methyl/N-ethyl adjacent to an activating group) is 1. The molecule has 0 aliphatic heterocycles. The molecule has 2 nitrogen and oxygen atoms in total. The Hall–Kier alpha value is -0.930. The minimum absolute atomic E-state index is 0.220. The van der Waals surface area contributed by atoms with Gasteiger partial charge in [-0.05, 0) is 37.7 Å². The quantitative estimate of drug-likeness (QED) is 0.831. The van der Waals surface area contributed by atoms with Crippen LogP contribution in [0.5, 0.6) is 0 Å². The summed E-state index contributed by atoms with van der Waals surface area (Å²) in [5, 5.41) is 0. The van der Waals surface area contributed by atoms with E-state index in [1.807, 2.05) is 6.92 Å². The first-order valence-corrected chi connectivity index (χ1v) is 5.77. The van der Waals surface area contributed by atoms with Gasteiger partial charge in [0.15, 0.2) is 0 Å². The van der Waals surface area contributed by atoms with Crippen LogP contribution in [0.4, 0.5) is 4.39 Å². The molecule has 90 valence electrons. The lowest BCUT2D eigenvalue weighted by Gasteiger charge is -2.31. The van der Waals surface area contributed by atoms with Gasteiger partial charge in [0.05, 0.1) is 5.54 Å². The molecule has 16 heavy (non-hydrogen) atoms. The summed E-state index contributed by atoms with van der Waals surface area (Å²) >= 11 is 0. The molecule has 0 radical (unpaired) electrons. The van der Waals surface area contributed by atoms with E-state index in [2.05, 4.69) is 18.7 Å². The van der Waals surface area contributed by atoms with Crippen molar-refractivity contribution in [2.75, 3.05) is 19.6 Å². The topological polar surface area (TPSA) is 29.3 Å². The average Bonchev–Trinajstić information content (AvgIpc) is 2.26. The van der Waals surface area contributed by atoms with Crippen LogP contribution in [0.3, 0.4) is 0 Å². The summed E-state index contributed by atoms with van der Waals surface area (Å²) < 4.78 is 12.8. The first-order chi connectivity index (χ1) is 7.49. The van der Waals surface area contributed by atoms with Crippen molar-refractivity contribution >= 4 is 0 Å². The molecular formula is C13H21FN2. The van der Waals surface area contributed by atoms with Gasteiger partial charge in [-0.25, -0.2) is 4.39 Å². The summed E-state index contributed by atoms with van der Waals surface area (Å²) in [6.07, 6.45) is 0. The molecule has 1 aromatic carbocycles. The Bertz CT molecular complexity index is 315. The van der Waals surface area contributed by atoms with Gasteiger partial charge in [-0.3, -0.25) is 0 Å². The van der Waals surface area contributed by atoms with E-state index in [9.17, 15) is 4.39 Å². The maximum Gasteiger partial charge on any atom is 0.123 e. The molecule has 0 aliphatic rings. The summed E-state index contributed by atoms with van der Waals surface area (Å²) in [6, 6.07) is 6.45. The van der Waals surface area contributed by atoms with Crippen molar-refractivity contribution in [3.63, 3.8) is 0 Å². The third-order valence-corrected chi connectivity index (χ3v) is 2.95. The van der Waals surface area contributed by atoms with E-state index in [0.717, 1.165) is 25.2 Å². The zero-order chi connectivity index (χ0) is 12.2. The van der Waals surface area contributed by atoms with Crippen LogP contribution in [-0.2, 0) is 5.54 Å². The van der Waals surface area contributed by atoms with Crippen LogP contribution in [0, 0.1) is 5.82 Å². The fraction of sp³-hybridized carbons (Fsp3) is 0.538. The molecule has 1 aromatic rings. The second kappa shape index (κ2) is 5.41. The third kappa shape index (κ3) is 3.29. The van der Waals surface area contributed by atoms with Crippen LogP contribution >= 0.6 is 0 Å². The van der Waals surface area contributed by atoms with Crippen LogP contribution < -0.4 is 5.73 Å². The summed E-state index contributed by atoms with van der Waals surface area (Å²) in [6.45, 7) is 8.95. The summed E-state index contributed by atoms with van der Waals surface area (Å²) in [7, 11) is 0. The van der Waals surface area contributed by atoms with E-state index < -0.39 is 5.54 Å². The van der Waals surface area contributed by atoms with Gasteiger partial charge < -0.3 is 10.6 Å². The molecule has 0 saturated carbocycles. The highest BCUT2D eigenvalue weighted by molar-refractivity contribution is 5.24. The first kappa shape index (κ1) is 13.1. The van der Waals surface area contributed by atoms with E-state index >= 15 is 0 Å². The van der Waals surface area contributed by atoms with Crippen molar-refractivity contribution in [3.05, 3.63) is 35.6 Å². The molecule has 0 bridgehead atoms. The predicted molar refractivity (Wildman–Crippen MR) is 65.7 cm³/mol. The number of halogens is 1. The normalized spacial score (nSPS) is 15.1. The van der Waals surface area contributed by atoms with Gasteiger partial charge >= 0.3 is 0 Å². The maximum atomic E-state index is 12.8. The number of rotatable bonds is 5. The van der Waals surface area contributed by atoms with Gasteiger partial charge in [0.1, 0.15) is 5.82 Å². The first-order valence-electron chi connectivity index (χ1n) is 5.77. The van der Waals surface area contributed by atoms with E-state index in [1.54, 1.807) is 12.1 Å². The number of nitrogens with two attached hydrogens (primary N) is 1. The van der Waals surface area contributed by atoms with Crippen LogP contribution in [0.1, 0.15) is 26.3 Å². The van der Waals surface area contributed by atoms with Gasteiger partial charge in [0.25, 0.3) is 0 Å². The molecule has 2 N–H and O–H groups in total. The zero-order valence-corrected chi connectivity index (χ0v) is 10.3. The number of hydrogen-bond acceptors (Lipinski definition) is 2. The largest absolute Gasteiger partial charge is 0.321 e. The van der Waals surface area contributed by atoms with Crippen molar-refractivity contribution in [2.45, 2.75) is 26.3 Å². The van der Waals surface area contributed by atoms with Crippen molar-refractivity contribution in [1.82, 2.24) is 4.90 Å². The van der Waals surface area contributed by atoms with E-state index in [-0.39, 0.29) is 5.82 Å². The molecule has 0 aliphatic carbocycles. The van der Waals surface area contributed by atoms with Gasteiger partial charge in [0, 0.05) is 6.54 Å². The fourth-order valence-electron chi connectivity index (χ4n) is 1.83. The van der Waals surface area contributed by atoms with Crippen LogP contribution in [0.25, 0.3) is 0 Å². The molecule has 0 aromatic heterocycles. The standard InChI is InChI=1S/C13H21FN2/c1-4-16(5-2)10-13(3,15)11-6-8-12(14)9-7-11/h6-9H,4-5,10,15H2,1-3H3. The average molecular weight is 224 g/mol. The minimum Gasteiger partial charge on any atom is -0.321 e. The van der Waals surface area contributed by atoms with Gasteiger partial charge in [-0.15, -0.1) is 0 Å². The molecule has 0 saturated heterocycles. The van der Waals surface area contributed by atoms with Crippen molar-refractivity contribution in [1.29, 1.82) is 0 Å². The Morgan fingerprint density at radius 1 is 1.19 bits per heavy atom. The highest BCUT2D eigenvalue weighted by Crippen LogP contribution is 2.19. The smallest absolute Gasteiger partial charge is 0.123 e. The van der Waals surface area contributed by atoms with E-state index in [0.29, 0.717) is 0 Å². The Kier molecular flexibility index (Phi) is 4.44. The molecule has 0 heterocycles. The van der Waals surface area contributed by atoms with Crippen LogP contribution in [0.15, 0.2) is 24.3 Å². The van der Waals surface area contributed by atoms with Crippen molar-refractivity contribution in [3.8, 4) is 0 Å². The molecule has 0 spiro atoms. The Labute approximate surface area is 97.3 Å². The lowest BCUT2D eigenvalue weighted by Crippen LogP contribution is -2.45. The maximum absolute atomic E-state index is 12.8. The molecule has 1 unspecified atom stereocenters. The van der Waals surface area contributed by atoms with Crippen LogP contribution in [-0.4, -0.2) is 24.5 Å². The molecule has 1 rings (SSSR count). The number of benzene rings is 1. The van der Waals surface area contributed by atoms with E-state index in [1.165, 1.54) is 12.1 Å². The third-order valence-electron chi connectivity index (χ3n) is 2.95. The molecule has 1 atom stereocenters. The second-order valence-electron chi connectivity index (χ2n) is 4.39. The second-order valence-corrected chi connectivity index (χ2v) is 4.39. The minimum atomic E-state index is -0.431. The Morgan fingerprint density at radius 3 is 2.12 bits per heavy atom. The Balaban J connectivity index is 2.80. The molecular weight excluding hydrogens is 203 g/mol. The summed E-state index contributed by atoms with van der Waals surface area (Å²) in [4.78, 5) is 2.27. The fourth-order valence-corrected chi connectivity index (χ4v) is 1.83. The van der Waals surface area contributed by atoms with Crippen LogP contribution in [0.2, 0.25) is 0 Å². The SMILES string of the molecule is CCN(CC)CC(C)(N)c1ccc(F)cc1.